The monoisotopic (exact) mass is 705 g/mol. The minimum atomic E-state index is -1.49. The molecule has 1 spiro atoms. The number of aliphatic hydroxyl groups is 1. The molecule has 50 heavy (non-hydrogen) atoms. The quantitative estimate of drug-likeness (QED) is 0.311. The molecule has 11 nitrogen and oxygen atoms in total. The third-order valence-corrected chi connectivity index (χ3v) is 10.7. The number of nitrogens with zero attached hydrogens (tertiary/aromatic N) is 2. The van der Waals surface area contributed by atoms with Gasteiger partial charge in [0.1, 0.15) is 23.7 Å². The lowest BCUT2D eigenvalue weighted by molar-refractivity contribution is -0.162. The highest BCUT2D eigenvalue weighted by atomic mass is 35.5. The number of ether oxygens (including phenoxy) is 3. The zero-order valence-corrected chi connectivity index (χ0v) is 29.2. The van der Waals surface area contributed by atoms with Crippen LogP contribution in [0.15, 0.2) is 78.9 Å². The van der Waals surface area contributed by atoms with E-state index in [0.29, 0.717) is 29.1 Å². The summed E-state index contributed by atoms with van der Waals surface area (Å²) >= 11 is 6.22. The Morgan fingerprint density at radius 3 is 2.48 bits per heavy atom. The maximum absolute atomic E-state index is 15.1. The van der Waals surface area contributed by atoms with E-state index >= 15 is 4.79 Å². The predicted molar refractivity (Wildman–Crippen MR) is 186 cm³/mol. The molecule has 2 N–H and O–H groups in total. The largest absolute Gasteiger partial charge is 0.455 e. The molecule has 3 amide bonds. The molecule has 266 valence electrons. The van der Waals surface area contributed by atoms with E-state index in [-0.39, 0.29) is 38.0 Å². The van der Waals surface area contributed by atoms with Gasteiger partial charge in [-0.1, -0.05) is 86.5 Å². The van der Waals surface area contributed by atoms with Crippen LogP contribution in [-0.2, 0) is 33.4 Å². The first-order valence-corrected chi connectivity index (χ1v) is 17.6. The maximum atomic E-state index is 15.1. The summed E-state index contributed by atoms with van der Waals surface area (Å²) in [5, 5.41) is 14.2. The van der Waals surface area contributed by atoms with Gasteiger partial charge in [-0.3, -0.25) is 19.2 Å². The van der Waals surface area contributed by atoms with Gasteiger partial charge in [-0.25, -0.2) is 0 Å². The predicted octanol–water partition coefficient (Wildman–Crippen LogP) is 4.00. The summed E-state index contributed by atoms with van der Waals surface area (Å²) in [6, 6.07) is 13.2. The SMILES string of the molecule is CC[C@H](C)[C@H](CO)N1C(=O)[C@H]2[C@@H]3C(=O)O[C@H](c4ccccc4)[C@@H](COC)NC(=O)CC/C=C\CN(c4ccc(Cl)cc4)C(=O)[C@H]1[C@@]21C=C[C@@H]3O1. The number of hydrogen-bond acceptors (Lipinski definition) is 8. The van der Waals surface area contributed by atoms with Crippen molar-refractivity contribution in [2.24, 2.45) is 17.8 Å². The van der Waals surface area contributed by atoms with Crippen molar-refractivity contribution in [2.45, 2.75) is 69.0 Å². The van der Waals surface area contributed by atoms with E-state index < -0.39 is 65.6 Å². The summed E-state index contributed by atoms with van der Waals surface area (Å²) in [6.07, 6.45) is 6.47. The number of fused-ring (bicyclic) bond motifs is 2. The van der Waals surface area contributed by atoms with Gasteiger partial charge in [0, 0.05) is 30.8 Å². The topological polar surface area (TPSA) is 135 Å². The minimum Gasteiger partial charge on any atom is -0.455 e. The molecule has 2 fully saturated rings. The average molecular weight is 706 g/mol. The van der Waals surface area contributed by atoms with E-state index in [4.69, 9.17) is 25.8 Å². The summed E-state index contributed by atoms with van der Waals surface area (Å²) in [4.78, 5) is 60.5. The molecule has 0 aliphatic carbocycles. The molecule has 0 radical (unpaired) electrons. The Morgan fingerprint density at radius 1 is 1.06 bits per heavy atom. The first kappa shape index (κ1) is 35.8. The summed E-state index contributed by atoms with van der Waals surface area (Å²) < 4.78 is 18.4. The normalized spacial score (nSPS) is 31.7. The summed E-state index contributed by atoms with van der Waals surface area (Å²) in [7, 11) is 1.50. The third-order valence-electron chi connectivity index (χ3n) is 10.5. The number of esters is 1. The van der Waals surface area contributed by atoms with Crippen LogP contribution < -0.4 is 10.2 Å². The van der Waals surface area contributed by atoms with Crippen LogP contribution in [0.4, 0.5) is 5.69 Å². The van der Waals surface area contributed by atoms with Crippen molar-refractivity contribution in [2.75, 3.05) is 31.8 Å². The summed E-state index contributed by atoms with van der Waals surface area (Å²) in [6.45, 7) is 3.67. The third kappa shape index (κ3) is 6.48. The van der Waals surface area contributed by atoms with Gasteiger partial charge in [0.15, 0.2) is 0 Å². The molecule has 5 bridgehead atoms. The standard InChI is InChI=1S/C38H44ClN3O8/c1-4-23(2)28(21-43)42-34-36(46)41(26-16-14-25(39)15-17-26)20-10-6-9-13-30(44)40-27(22-48-3)33(24-11-7-5-8-12-24)49-37(47)31-29-18-19-38(34,50-29)32(31)35(42)45/h5-8,10-12,14-19,23,27-29,31-34,43H,4,9,13,20-22H2,1-3H3,(H,40,44)/b10-6-/t23-,27+,28-,29-,31+,32+,33+,34-,38+/m0/s1. The molecular formula is C38H44ClN3O8. The number of nitrogens with one attached hydrogen (secondary N) is 1. The molecular weight excluding hydrogens is 662 g/mol. The smallest absolute Gasteiger partial charge is 0.313 e. The first-order chi connectivity index (χ1) is 24.1. The molecule has 4 heterocycles. The Bertz CT molecular complexity index is 1630. The van der Waals surface area contributed by atoms with Gasteiger partial charge >= 0.3 is 5.97 Å². The van der Waals surface area contributed by atoms with E-state index in [9.17, 15) is 19.5 Å². The Labute approximate surface area is 297 Å². The molecule has 0 aromatic heterocycles. The highest BCUT2D eigenvalue weighted by Crippen LogP contribution is 2.57. The highest BCUT2D eigenvalue weighted by Gasteiger charge is 2.74. The molecule has 4 aliphatic heterocycles. The number of benzene rings is 2. The van der Waals surface area contributed by atoms with Crippen LogP contribution in [0.5, 0.6) is 0 Å². The van der Waals surface area contributed by atoms with Gasteiger partial charge in [-0.2, -0.15) is 0 Å². The van der Waals surface area contributed by atoms with E-state index in [0.717, 1.165) is 0 Å². The minimum absolute atomic E-state index is 0.0543. The number of methoxy groups -OCH3 is 1. The number of cyclic esters (lactones) is 1. The first-order valence-electron chi connectivity index (χ1n) is 17.2. The fourth-order valence-corrected chi connectivity index (χ4v) is 7.95. The number of anilines is 1. The fourth-order valence-electron chi connectivity index (χ4n) is 7.82. The molecule has 0 unspecified atom stereocenters. The zero-order valence-electron chi connectivity index (χ0n) is 28.4. The number of amides is 3. The second kappa shape index (κ2) is 15.1. The van der Waals surface area contributed by atoms with Crippen LogP contribution in [0, 0.1) is 17.8 Å². The van der Waals surface area contributed by atoms with Gasteiger partial charge in [-0.15, -0.1) is 0 Å². The van der Waals surface area contributed by atoms with Gasteiger partial charge in [0.05, 0.1) is 37.3 Å². The summed E-state index contributed by atoms with van der Waals surface area (Å²) in [5.41, 5.74) is -0.316. The molecule has 2 saturated heterocycles. The Hall–Kier alpha value is -4.03. The number of carbonyl (C=O) groups is 4. The lowest BCUT2D eigenvalue weighted by Crippen LogP contribution is -2.59. The van der Waals surface area contributed by atoms with Crippen LogP contribution in [0.25, 0.3) is 0 Å². The lowest BCUT2D eigenvalue weighted by Gasteiger charge is -2.40. The second-order valence-corrected chi connectivity index (χ2v) is 13.9. The number of hydrogen-bond donors (Lipinski definition) is 2. The number of aliphatic hydroxyl groups excluding tert-OH is 1. The van der Waals surface area contributed by atoms with Crippen LogP contribution in [0.3, 0.4) is 0 Å². The van der Waals surface area contributed by atoms with Crippen LogP contribution in [0.1, 0.15) is 44.8 Å². The number of carbonyl (C=O) groups excluding carboxylic acids is 4. The molecule has 4 aliphatic rings. The molecule has 2 aromatic rings. The Morgan fingerprint density at radius 2 is 1.80 bits per heavy atom. The van der Waals surface area contributed by atoms with Crippen molar-refractivity contribution in [1.82, 2.24) is 10.2 Å². The molecule has 6 rings (SSSR count). The van der Waals surface area contributed by atoms with Crippen molar-refractivity contribution >= 4 is 41.0 Å². The van der Waals surface area contributed by atoms with Gasteiger partial charge in [0.25, 0.3) is 5.91 Å². The fraction of sp³-hybridized carbons (Fsp3) is 0.474. The van der Waals surface area contributed by atoms with Gasteiger partial charge in [-0.05, 0) is 42.2 Å². The second-order valence-electron chi connectivity index (χ2n) is 13.4. The lowest BCUT2D eigenvalue weighted by atomic mass is 9.74. The van der Waals surface area contributed by atoms with E-state index in [1.807, 2.05) is 44.2 Å². The van der Waals surface area contributed by atoms with Crippen LogP contribution >= 0.6 is 11.6 Å². The molecule has 2 aromatic carbocycles. The van der Waals surface area contributed by atoms with Crippen molar-refractivity contribution < 1.29 is 38.5 Å². The molecule has 12 heteroatoms. The van der Waals surface area contributed by atoms with E-state index in [2.05, 4.69) is 5.32 Å². The van der Waals surface area contributed by atoms with Crippen molar-refractivity contribution in [3.8, 4) is 0 Å². The number of allylic oxidation sites excluding steroid dienone is 1. The highest BCUT2D eigenvalue weighted by molar-refractivity contribution is 6.30. The van der Waals surface area contributed by atoms with Gasteiger partial charge in [0.2, 0.25) is 11.8 Å². The van der Waals surface area contributed by atoms with Crippen molar-refractivity contribution in [3.05, 3.63) is 89.5 Å². The van der Waals surface area contributed by atoms with Crippen LogP contribution in [-0.4, -0.2) is 90.4 Å². The number of likely N-dealkylation sites (tertiary alicyclic amines) is 1. The number of halogens is 1. The van der Waals surface area contributed by atoms with Crippen molar-refractivity contribution in [3.63, 3.8) is 0 Å². The maximum Gasteiger partial charge on any atom is 0.313 e. The van der Waals surface area contributed by atoms with E-state index in [1.54, 1.807) is 53.5 Å². The molecule has 0 saturated carbocycles. The van der Waals surface area contributed by atoms with Crippen LogP contribution in [0.2, 0.25) is 5.02 Å². The molecule has 9 atom stereocenters. The Balaban J connectivity index is 1.49. The Kier molecular flexibility index (Phi) is 10.8. The van der Waals surface area contributed by atoms with Gasteiger partial charge < -0.3 is 34.4 Å². The summed E-state index contributed by atoms with van der Waals surface area (Å²) in [5.74, 6) is -4.21. The zero-order chi connectivity index (χ0) is 35.6. The van der Waals surface area contributed by atoms with E-state index in [1.165, 1.54) is 12.0 Å². The number of rotatable bonds is 8. The van der Waals surface area contributed by atoms with Crippen molar-refractivity contribution in [1.29, 1.82) is 0 Å². The average Bonchev–Trinajstić information content (AvgIpc) is 3.76.